The molecule has 0 rings (SSSR count). The van der Waals surface area contributed by atoms with E-state index in [9.17, 15) is 0 Å². The van der Waals surface area contributed by atoms with Crippen molar-refractivity contribution in [3.63, 3.8) is 0 Å². The summed E-state index contributed by atoms with van der Waals surface area (Å²) in [5.41, 5.74) is 0. The van der Waals surface area contributed by atoms with E-state index in [1.165, 1.54) is 0 Å². The molecule has 0 heterocycles. The van der Waals surface area contributed by atoms with Crippen molar-refractivity contribution in [2.45, 2.75) is 51.9 Å². The first-order valence-electron chi connectivity index (χ1n) is 4.51. The second-order valence-corrected chi connectivity index (χ2v) is 15.9. The van der Waals surface area contributed by atoms with Crippen molar-refractivity contribution < 1.29 is 0 Å². The quantitative estimate of drug-likeness (QED) is 0.515. The van der Waals surface area contributed by atoms with Gasteiger partial charge in [-0.2, -0.15) is 0 Å². The molecule has 0 spiro atoms. The molecule has 0 unspecified atom stereocenters. The predicted molar refractivity (Wildman–Crippen MR) is 64.1 cm³/mol. The second kappa shape index (κ2) is 2.61. The third kappa shape index (κ3) is 1.66. The van der Waals surface area contributed by atoms with Gasteiger partial charge in [0.1, 0.15) is 0 Å². The van der Waals surface area contributed by atoms with E-state index < -0.39 is 5.96 Å². The van der Waals surface area contributed by atoms with Crippen LogP contribution in [0.15, 0.2) is 0 Å². The summed E-state index contributed by atoms with van der Waals surface area (Å²) in [5.74, 6) is -2.11. The molecule has 0 aliphatic carbocycles. The normalized spacial score (nSPS) is 18.6. The number of halogens is 1. The minimum absolute atomic E-state index is 0.214. The van der Waals surface area contributed by atoms with Crippen molar-refractivity contribution in [3.05, 3.63) is 0 Å². The van der Waals surface area contributed by atoms with Gasteiger partial charge in [-0.05, 0) is 0 Å². The van der Waals surface area contributed by atoms with E-state index in [-0.39, 0.29) is 10.3 Å². The van der Waals surface area contributed by atoms with Gasteiger partial charge in [-0.15, -0.1) is 0 Å². The molecule has 0 aromatic heterocycles. The van der Waals surface area contributed by atoms with Gasteiger partial charge < -0.3 is 0 Å². The SMILES string of the molecule is CC(C)(C)P(C)(C)(Cl)C(C)(C)C. The fourth-order valence-corrected chi connectivity index (χ4v) is 3.02. The van der Waals surface area contributed by atoms with Gasteiger partial charge in [0.15, 0.2) is 0 Å². The Morgan fingerprint density at radius 3 is 0.917 bits per heavy atom. The van der Waals surface area contributed by atoms with Gasteiger partial charge in [0, 0.05) is 0 Å². The molecular formula is C10H24ClP. The molecule has 0 fully saturated rings. The van der Waals surface area contributed by atoms with Crippen molar-refractivity contribution in [1.82, 2.24) is 0 Å². The van der Waals surface area contributed by atoms with Crippen molar-refractivity contribution in [2.24, 2.45) is 0 Å². The van der Waals surface area contributed by atoms with Crippen molar-refractivity contribution in [3.8, 4) is 0 Å². The maximum absolute atomic E-state index is 6.87. The van der Waals surface area contributed by atoms with Gasteiger partial charge in [0.25, 0.3) is 0 Å². The summed E-state index contributed by atoms with van der Waals surface area (Å²) in [6.07, 6.45) is 0. The van der Waals surface area contributed by atoms with Crippen LogP contribution in [0.1, 0.15) is 41.5 Å². The van der Waals surface area contributed by atoms with E-state index in [0.717, 1.165) is 0 Å². The van der Waals surface area contributed by atoms with Crippen LogP contribution < -0.4 is 0 Å². The summed E-state index contributed by atoms with van der Waals surface area (Å²) in [6.45, 7) is 18.1. The molecule has 76 valence electrons. The molecule has 0 aliphatic heterocycles. The zero-order chi connectivity index (χ0) is 10.4. The van der Waals surface area contributed by atoms with Crippen LogP contribution in [-0.2, 0) is 0 Å². The van der Waals surface area contributed by atoms with Crippen LogP contribution in [0.2, 0.25) is 0 Å². The average molecular weight is 211 g/mol. The van der Waals surface area contributed by atoms with Crippen LogP contribution in [0.3, 0.4) is 0 Å². The summed E-state index contributed by atoms with van der Waals surface area (Å²) in [7, 11) is 0. The van der Waals surface area contributed by atoms with Crippen molar-refractivity contribution >= 4 is 17.2 Å². The van der Waals surface area contributed by atoms with Crippen LogP contribution in [0.5, 0.6) is 0 Å². The first-order valence-corrected chi connectivity index (χ1v) is 8.55. The Kier molecular flexibility index (Phi) is 2.77. The monoisotopic (exact) mass is 210 g/mol. The van der Waals surface area contributed by atoms with Crippen LogP contribution in [0.4, 0.5) is 0 Å². The Labute approximate surface area is 82.8 Å². The molecular weight excluding hydrogens is 187 g/mol. The van der Waals surface area contributed by atoms with E-state index in [4.69, 9.17) is 11.2 Å². The minimum atomic E-state index is -2.11. The molecule has 0 aromatic rings. The van der Waals surface area contributed by atoms with Gasteiger partial charge in [0.05, 0.1) is 0 Å². The van der Waals surface area contributed by atoms with Gasteiger partial charge >= 0.3 is 82.4 Å². The molecule has 0 bridgehead atoms. The molecule has 0 amide bonds. The topological polar surface area (TPSA) is 0 Å². The van der Waals surface area contributed by atoms with Gasteiger partial charge in [-0.1, -0.05) is 0 Å². The molecule has 12 heavy (non-hydrogen) atoms. The molecule has 0 N–H and O–H groups in total. The third-order valence-electron chi connectivity index (χ3n) is 3.86. The summed E-state index contributed by atoms with van der Waals surface area (Å²) >= 11 is 6.87. The molecule has 2 heteroatoms. The zero-order valence-electron chi connectivity index (χ0n) is 9.83. The number of rotatable bonds is 0. The van der Waals surface area contributed by atoms with E-state index in [2.05, 4.69) is 54.9 Å². The van der Waals surface area contributed by atoms with E-state index in [1.807, 2.05) is 0 Å². The molecule has 0 aromatic carbocycles. The van der Waals surface area contributed by atoms with Crippen LogP contribution in [0.25, 0.3) is 0 Å². The standard InChI is InChI=1S/C10H24ClP/c1-9(2,3)12(7,8,11)10(4,5)6/h1-8H3. The second-order valence-electron chi connectivity index (χ2n) is 6.30. The van der Waals surface area contributed by atoms with E-state index >= 15 is 0 Å². The first kappa shape index (κ1) is 12.7. The van der Waals surface area contributed by atoms with Gasteiger partial charge in [-0.3, -0.25) is 0 Å². The molecule has 0 saturated carbocycles. The molecule has 0 aliphatic rings. The van der Waals surface area contributed by atoms with Crippen molar-refractivity contribution in [2.75, 3.05) is 13.3 Å². The predicted octanol–water partition coefficient (Wildman–Crippen LogP) is 4.55. The average Bonchev–Trinajstić information content (AvgIpc) is 1.55. The first-order chi connectivity index (χ1) is 4.79. The summed E-state index contributed by atoms with van der Waals surface area (Å²) < 4.78 is 0. The Balaban J connectivity index is 5.29. The Morgan fingerprint density at radius 1 is 0.750 bits per heavy atom. The molecule has 0 saturated heterocycles. The fourth-order valence-electron chi connectivity index (χ4n) is 1.01. The Bertz CT molecular complexity index is 155. The Morgan fingerprint density at radius 2 is 0.917 bits per heavy atom. The van der Waals surface area contributed by atoms with Crippen molar-refractivity contribution in [1.29, 1.82) is 0 Å². The molecule has 0 radical (unpaired) electrons. The zero-order valence-corrected chi connectivity index (χ0v) is 11.5. The third-order valence-corrected chi connectivity index (χ3v) is 14.6. The number of hydrogen-bond acceptors (Lipinski definition) is 0. The summed E-state index contributed by atoms with van der Waals surface area (Å²) in [6, 6.07) is 0. The summed E-state index contributed by atoms with van der Waals surface area (Å²) in [4.78, 5) is 0. The van der Waals surface area contributed by atoms with E-state index in [0.29, 0.717) is 0 Å². The Hall–Kier alpha value is 0.720. The molecule has 0 nitrogen and oxygen atoms in total. The van der Waals surface area contributed by atoms with E-state index in [1.54, 1.807) is 0 Å². The van der Waals surface area contributed by atoms with Crippen LogP contribution in [-0.4, -0.2) is 23.6 Å². The van der Waals surface area contributed by atoms with Gasteiger partial charge in [-0.25, -0.2) is 0 Å². The fraction of sp³-hybridized carbons (Fsp3) is 1.00. The molecule has 0 atom stereocenters. The van der Waals surface area contributed by atoms with Gasteiger partial charge in [0.2, 0.25) is 0 Å². The maximum atomic E-state index is 6.87. The summed E-state index contributed by atoms with van der Waals surface area (Å²) in [5, 5.41) is 0.427. The van der Waals surface area contributed by atoms with Crippen LogP contribution >= 0.6 is 17.2 Å². The van der Waals surface area contributed by atoms with Crippen LogP contribution in [0, 0.1) is 0 Å². The number of hydrogen-bond donors (Lipinski definition) is 0.